The van der Waals surface area contributed by atoms with Crippen molar-refractivity contribution in [2.45, 2.75) is 0 Å². The summed E-state index contributed by atoms with van der Waals surface area (Å²) in [4.78, 5) is 18.7. The number of ether oxygens (including phenoxy) is 3. The van der Waals surface area contributed by atoms with Gasteiger partial charge in [-0.25, -0.2) is 4.79 Å². The maximum absolute atomic E-state index is 11.8. The molecule has 8 heteroatoms. The van der Waals surface area contributed by atoms with Gasteiger partial charge >= 0.3 is 5.97 Å². The van der Waals surface area contributed by atoms with Gasteiger partial charge in [0, 0.05) is 23.2 Å². The molecule has 0 saturated heterocycles. The summed E-state index contributed by atoms with van der Waals surface area (Å²) < 4.78 is 15.1. The zero-order valence-corrected chi connectivity index (χ0v) is 11.7. The van der Waals surface area contributed by atoms with E-state index in [-0.39, 0.29) is 11.3 Å². The fourth-order valence-electron chi connectivity index (χ4n) is 1.93. The summed E-state index contributed by atoms with van der Waals surface area (Å²) in [5.74, 6) is 0.263. The Hall–Kier alpha value is -2.99. The standard InChI is InChI=1S/C13H12N4O4/c1-19-7-4-9-11(10(5-7)20-2)12(16-17-14)8(6-15-9)13(18)21-3/h4-6H,1-3H3. The van der Waals surface area contributed by atoms with Crippen LogP contribution in [0.1, 0.15) is 10.4 Å². The van der Waals surface area contributed by atoms with Crippen LogP contribution < -0.4 is 9.47 Å². The molecule has 0 aliphatic rings. The summed E-state index contributed by atoms with van der Waals surface area (Å²) in [6.07, 6.45) is 1.29. The first kappa shape index (κ1) is 14.4. The second-order valence-electron chi connectivity index (χ2n) is 3.93. The monoisotopic (exact) mass is 288 g/mol. The minimum absolute atomic E-state index is 0.0614. The van der Waals surface area contributed by atoms with E-state index in [0.29, 0.717) is 22.4 Å². The van der Waals surface area contributed by atoms with Gasteiger partial charge in [0.1, 0.15) is 11.5 Å². The van der Waals surface area contributed by atoms with Crippen molar-refractivity contribution >= 4 is 22.6 Å². The fourth-order valence-corrected chi connectivity index (χ4v) is 1.93. The summed E-state index contributed by atoms with van der Waals surface area (Å²) in [6, 6.07) is 3.26. The number of pyridine rings is 1. The van der Waals surface area contributed by atoms with Gasteiger partial charge in [0.15, 0.2) is 0 Å². The van der Waals surface area contributed by atoms with Crippen LogP contribution in [0, 0.1) is 0 Å². The van der Waals surface area contributed by atoms with Gasteiger partial charge in [0.25, 0.3) is 0 Å². The molecule has 0 atom stereocenters. The second kappa shape index (κ2) is 5.98. The first-order valence-corrected chi connectivity index (χ1v) is 5.84. The molecule has 0 saturated carbocycles. The maximum atomic E-state index is 11.8. The number of esters is 1. The highest BCUT2D eigenvalue weighted by Gasteiger charge is 2.18. The molecule has 1 aromatic heterocycles. The number of methoxy groups -OCH3 is 3. The molecule has 108 valence electrons. The van der Waals surface area contributed by atoms with Crippen LogP contribution in [0.5, 0.6) is 11.5 Å². The zero-order chi connectivity index (χ0) is 15.4. The second-order valence-corrected chi connectivity index (χ2v) is 3.93. The van der Waals surface area contributed by atoms with E-state index in [1.54, 1.807) is 12.1 Å². The molecular formula is C13H12N4O4. The highest BCUT2D eigenvalue weighted by molar-refractivity contribution is 6.06. The molecule has 0 aliphatic heterocycles. The Morgan fingerprint density at radius 1 is 1.29 bits per heavy atom. The Bertz CT molecular complexity index is 753. The molecule has 0 spiro atoms. The highest BCUT2D eigenvalue weighted by atomic mass is 16.5. The molecule has 1 heterocycles. The van der Waals surface area contributed by atoms with E-state index in [1.165, 1.54) is 27.5 Å². The summed E-state index contributed by atoms with van der Waals surface area (Å²) in [5.41, 5.74) is 9.38. The quantitative estimate of drug-likeness (QED) is 0.372. The minimum atomic E-state index is -0.648. The van der Waals surface area contributed by atoms with Gasteiger partial charge < -0.3 is 14.2 Å². The summed E-state index contributed by atoms with van der Waals surface area (Å²) in [7, 11) is 4.20. The molecule has 0 amide bonds. The zero-order valence-electron chi connectivity index (χ0n) is 11.7. The number of nitrogens with zero attached hydrogens (tertiary/aromatic N) is 4. The average Bonchev–Trinajstić information content (AvgIpc) is 2.53. The van der Waals surface area contributed by atoms with Crippen molar-refractivity contribution in [3.63, 3.8) is 0 Å². The number of carbonyl (C=O) groups excluding carboxylic acids is 1. The van der Waals surface area contributed by atoms with Crippen molar-refractivity contribution in [2.24, 2.45) is 5.11 Å². The normalized spacial score (nSPS) is 9.86. The lowest BCUT2D eigenvalue weighted by Crippen LogP contribution is -2.03. The van der Waals surface area contributed by atoms with E-state index in [1.807, 2.05) is 0 Å². The van der Waals surface area contributed by atoms with Gasteiger partial charge in [-0.1, -0.05) is 5.11 Å². The molecule has 0 unspecified atom stereocenters. The lowest BCUT2D eigenvalue weighted by Gasteiger charge is -2.12. The largest absolute Gasteiger partial charge is 0.497 e. The van der Waals surface area contributed by atoms with Crippen LogP contribution in [-0.2, 0) is 4.74 Å². The van der Waals surface area contributed by atoms with Crippen LogP contribution in [0.15, 0.2) is 23.4 Å². The first-order valence-electron chi connectivity index (χ1n) is 5.84. The number of azide groups is 1. The summed E-state index contributed by atoms with van der Waals surface area (Å²) in [5, 5.41) is 4.00. The van der Waals surface area contributed by atoms with Crippen molar-refractivity contribution in [1.29, 1.82) is 0 Å². The molecular weight excluding hydrogens is 276 g/mol. The van der Waals surface area contributed by atoms with Gasteiger partial charge in [-0.3, -0.25) is 4.98 Å². The van der Waals surface area contributed by atoms with Crippen LogP contribution >= 0.6 is 0 Å². The van der Waals surface area contributed by atoms with Crippen molar-refractivity contribution < 1.29 is 19.0 Å². The molecule has 0 N–H and O–H groups in total. The van der Waals surface area contributed by atoms with E-state index in [4.69, 9.17) is 15.0 Å². The fraction of sp³-hybridized carbons (Fsp3) is 0.231. The molecule has 0 bridgehead atoms. The van der Waals surface area contributed by atoms with Gasteiger partial charge in [0.2, 0.25) is 0 Å². The lowest BCUT2D eigenvalue weighted by molar-refractivity contribution is 0.0601. The first-order chi connectivity index (χ1) is 10.2. The number of hydrogen-bond acceptors (Lipinski definition) is 6. The van der Waals surface area contributed by atoms with Crippen LogP contribution in [0.25, 0.3) is 21.3 Å². The summed E-state index contributed by atoms with van der Waals surface area (Å²) >= 11 is 0. The molecule has 0 aliphatic carbocycles. The van der Waals surface area contributed by atoms with Crippen molar-refractivity contribution in [1.82, 2.24) is 4.98 Å². The van der Waals surface area contributed by atoms with Crippen LogP contribution in [0.2, 0.25) is 0 Å². The van der Waals surface area contributed by atoms with E-state index in [9.17, 15) is 4.79 Å². The Morgan fingerprint density at radius 3 is 2.62 bits per heavy atom. The predicted octanol–water partition coefficient (Wildman–Crippen LogP) is 2.98. The van der Waals surface area contributed by atoms with E-state index in [2.05, 4.69) is 19.7 Å². The highest BCUT2D eigenvalue weighted by Crippen LogP contribution is 2.38. The summed E-state index contributed by atoms with van der Waals surface area (Å²) in [6.45, 7) is 0. The Kier molecular flexibility index (Phi) is 4.10. The lowest BCUT2D eigenvalue weighted by atomic mass is 10.1. The third-order valence-electron chi connectivity index (χ3n) is 2.89. The maximum Gasteiger partial charge on any atom is 0.339 e. The topological polar surface area (TPSA) is 106 Å². The van der Waals surface area contributed by atoms with E-state index >= 15 is 0 Å². The average molecular weight is 288 g/mol. The smallest absolute Gasteiger partial charge is 0.339 e. The number of benzene rings is 1. The number of hydrogen-bond donors (Lipinski definition) is 0. The molecule has 2 rings (SSSR count). The van der Waals surface area contributed by atoms with Crippen molar-refractivity contribution in [3.8, 4) is 11.5 Å². The molecule has 21 heavy (non-hydrogen) atoms. The number of carbonyl (C=O) groups is 1. The third-order valence-corrected chi connectivity index (χ3v) is 2.89. The van der Waals surface area contributed by atoms with E-state index < -0.39 is 5.97 Å². The SMILES string of the molecule is COC(=O)c1cnc2cc(OC)cc(OC)c2c1N=[N+]=[N-]. The molecule has 0 radical (unpaired) electrons. The minimum Gasteiger partial charge on any atom is -0.497 e. The van der Waals surface area contributed by atoms with Gasteiger partial charge in [0.05, 0.1) is 43.5 Å². The van der Waals surface area contributed by atoms with Crippen LogP contribution in [-0.4, -0.2) is 32.3 Å². The van der Waals surface area contributed by atoms with Crippen LogP contribution in [0.3, 0.4) is 0 Å². The number of fused-ring (bicyclic) bond motifs is 1. The van der Waals surface area contributed by atoms with E-state index in [0.717, 1.165) is 0 Å². The Labute approximate surface area is 119 Å². The van der Waals surface area contributed by atoms with Gasteiger partial charge in [-0.05, 0) is 5.53 Å². The molecule has 2 aromatic rings. The Morgan fingerprint density at radius 2 is 2.05 bits per heavy atom. The third kappa shape index (κ3) is 2.52. The molecule has 0 fully saturated rings. The molecule has 1 aromatic carbocycles. The van der Waals surface area contributed by atoms with Gasteiger partial charge in [-0.2, -0.15) is 0 Å². The van der Waals surface area contributed by atoms with Crippen molar-refractivity contribution in [3.05, 3.63) is 34.3 Å². The number of aromatic nitrogens is 1. The van der Waals surface area contributed by atoms with Crippen LogP contribution in [0.4, 0.5) is 5.69 Å². The van der Waals surface area contributed by atoms with Gasteiger partial charge in [-0.15, -0.1) is 0 Å². The predicted molar refractivity (Wildman–Crippen MR) is 75.0 cm³/mol. The Balaban J connectivity index is 2.91. The molecule has 8 nitrogen and oxygen atoms in total. The number of rotatable bonds is 4. The van der Waals surface area contributed by atoms with Crippen molar-refractivity contribution in [2.75, 3.05) is 21.3 Å².